The average Bonchev–Trinajstić information content (AvgIpc) is 2.94. The fourth-order valence-corrected chi connectivity index (χ4v) is 3.77. The molecule has 4 atom stereocenters. The van der Waals surface area contributed by atoms with Crippen molar-refractivity contribution in [1.82, 2.24) is 0 Å². The van der Waals surface area contributed by atoms with Crippen LogP contribution in [0, 0.1) is 17.8 Å². The van der Waals surface area contributed by atoms with Crippen LogP contribution in [0.2, 0.25) is 0 Å². The van der Waals surface area contributed by atoms with E-state index < -0.39 is 23.8 Å². The molecule has 2 N–H and O–H groups in total. The molecule has 2 rings (SSSR count). The van der Waals surface area contributed by atoms with Crippen molar-refractivity contribution in [3.63, 3.8) is 0 Å². The fourth-order valence-electron chi connectivity index (χ4n) is 2.12. The molecule has 2 unspecified atom stereocenters. The van der Waals surface area contributed by atoms with Crippen LogP contribution in [0.15, 0.2) is 0 Å². The lowest BCUT2D eigenvalue weighted by atomic mass is 9.99. The minimum Gasteiger partial charge on any atom is -0.481 e. The number of rotatable bonds is 2. The van der Waals surface area contributed by atoms with Crippen LogP contribution in [0.4, 0.5) is 0 Å². The van der Waals surface area contributed by atoms with Gasteiger partial charge in [0, 0.05) is 5.25 Å². The van der Waals surface area contributed by atoms with Crippen LogP contribution < -0.4 is 0 Å². The summed E-state index contributed by atoms with van der Waals surface area (Å²) in [7, 11) is 0. The van der Waals surface area contributed by atoms with Crippen molar-refractivity contribution in [2.24, 2.45) is 17.8 Å². The molecule has 4 nitrogen and oxygen atoms in total. The molecule has 1 saturated heterocycles. The van der Waals surface area contributed by atoms with Crippen LogP contribution in [0.5, 0.6) is 0 Å². The summed E-state index contributed by atoms with van der Waals surface area (Å²) in [6.07, 6.45) is 0.616. The predicted octanol–water partition coefficient (Wildman–Crippen LogP) is 1.55. The summed E-state index contributed by atoms with van der Waals surface area (Å²) in [5.41, 5.74) is 0. The van der Waals surface area contributed by atoms with Gasteiger partial charge in [0.1, 0.15) is 0 Å². The second-order valence-electron chi connectivity index (χ2n) is 3.51. The summed E-state index contributed by atoms with van der Waals surface area (Å²) in [5.74, 6) is -1.84. The quantitative estimate of drug-likeness (QED) is 0.755. The summed E-state index contributed by atoms with van der Waals surface area (Å²) >= 11 is 1.61. The van der Waals surface area contributed by atoms with Crippen molar-refractivity contribution in [2.75, 3.05) is 5.75 Å². The first-order valence-electron chi connectivity index (χ1n) is 5.20. The Labute approximate surface area is 93.1 Å². The van der Waals surface area contributed by atoms with E-state index in [2.05, 4.69) is 0 Å². The molecule has 1 aliphatic carbocycles. The standard InChI is InChI=1S/C8H10O4S.C2H6/c9-7(10)3-1-2-13-6-4(3)5(6)8(11)12;1-2/h3-6H,1-2H2,(H,9,10)(H,11,12);1-2H3/t3?,4-,5?,6-;/m1./s1. The average molecular weight is 232 g/mol. The second-order valence-corrected chi connectivity index (χ2v) is 4.80. The first-order chi connectivity index (χ1) is 7.13. The van der Waals surface area contributed by atoms with Crippen molar-refractivity contribution < 1.29 is 19.8 Å². The highest BCUT2D eigenvalue weighted by Crippen LogP contribution is 2.57. The Morgan fingerprint density at radius 3 is 2.27 bits per heavy atom. The van der Waals surface area contributed by atoms with Gasteiger partial charge >= 0.3 is 11.9 Å². The maximum absolute atomic E-state index is 10.8. The van der Waals surface area contributed by atoms with E-state index in [4.69, 9.17) is 10.2 Å². The van der Waals surface area contributed by atoms with E-state index in [0.717, 1.165) is 5.75 Å². The number of thioether (sulfide) groups is 1. The molecule has 1 saturated carbocycles. The number of hydrogen-bond donors (Lipinski definition) is 2. The van der Waals surface area contributed by atoms with Crippen molar-refractivity contribution in [3.8, 4) is 0 Å². The van der Waals surface area contributed by atoms with Gasteiger partial charge < -0.3 is 10.2 Å². The molecule has 0 spiro atoms. The zero-order chi connectivity index (χ0) is 11.6. The Hall–Kier alpha value is -0.710. The lowest BCUT2D eigenvalue weighted by molar-refractivity contribution is -0.143. The van der Waals surface area contributed by atoms with Crippen molar-refractivity contribution in [3.05, 3.63) is 0 Å². The maximum Gasteiger partial charge on any atom is 0.307 e. The van der Waals surface area contributed by atoms with E-state index in [0.29, 0.717) is 6.42 Å². The molecule has 0 bridgehead atoms. The Bertz CT molecular complexity index is 266. The van der Waals surface area contributed by atoms with Crippen LogP contribution >= 0.6 is 11.8 Å². The molecule has 0 aromatic heterocycles. The Balaban J connectivity index is 0.000000531. The predicted molar refractivity (Wildman–Crippen MR) is 58.0 cm³/mol. The van der Waals surface area contributed by atoms with E-state index in [1.807, 2.05) is 13.8 Å². The van der Waals surface area contributed by atoms with Crippen LogP contribution in [0.3, 0.4) is 0 Å². The third kappa shape index (κ3) is 2.27. The SMILES string of the molecule is CC.O=C(O)C1CCS[C@H]2C(C(=O)O)[C@@H]12. The van der Waals surface area contributed by atoms with Crippen LogP contribution in [0.25, 0.3) is 0 Å². The lowest BCUT2D eigenvalue weighted by Crippen LogP contribution is -2.21. The molecular weight excluding hydrogens is 216 g/mol. The highest BCUT2D eigenvalue weighted by Gasteiger charge is 2.62. The summed E-state index contributed by atoms with van der Waals surface area (Å²) in [6, 6.07) is 0. The van der Waals surface area contributed by atoms with Gasteiger partial charge in [-0.25, -0.2) is 0 Å². The first kappa shape index (κ1) is 12.4. The molecule has 2 fully saturated rings. The topological polar surface area (TPSA) is 74.6 Å². The maximum atomic E-state index is 10.8. The number of aliphatic carboxylic acids is 2. The molecule has 86 valence electrons. The minimum atomic E-state index is -0.837. The summed E-state index contributed by atoms with van der Waals surface area (Å²) < 4.78 is 0. The van der Waals surface area contributed by atoms with E-state index in [1.54, 1.807) is 11.8 Å². The zero-order valence-electron chi connectivity index (χ0n) is 8.84. The monoisotopic (exact) mass is 232 g/mol. The van der Waals surface area contributed by atoms with Gasteiger partial charge in [0.2, 0.25) is 0 Å². The number of carbonyl (C=O) groups is 2. The van der Waals surface area contributed by atoms with Crippen LogP contribution in [-0.4, -0.2) is 33.2 Å². The number of carboxylic acids is 2. The van der Waals surface area contributed by atoms with Gasteiger partial charge in [-0.15, -0.1) is 0 Å². The highest BCUT2D eigenvalue weighted by molar-refractivity contribution is 8.00. The zero-order valence-corrected chi connectivity index (χ0v) is 9.66. The van der Waals surface area contributed by atoms with E-state index in [-0.39, 0.29) is 11.2 Å². The normalized spacial score (nSPS) is 36.9. The first-order valence-corrected chi connectivity index (χ1v) is 6.25. The lowest BCUT2D eigenvalue weighted by Gasteiger charge is -2.15. The molecule has 0 radical (unpaired) electrons. The van der Waals surface area contributed by atoms with Gasteiger partial charge in [-0.3, -0.25) is 9.59 Å². The van der Waals surface area contributed by atoms with Gasteiger partial charge in [-0.1, -0.05) is 13.8 Å². The molecule has 1 heterocycles. The van der Waals surface area contributed by atoms with E-state index >= 15 is 0 Å². The third-order valence-corrected chi connectivity index (χ3v) is 4.28. The van der Waals surface area contributed by atoms with Gasteiger partial charge in [0.25, 0.3) is 0 Å². The van der Waals surface area contributed by atoms with Gasteiger partial charge in [-0.05, 0) is 18.1 Å². The minimum absolute atomic E-state index is 0.0624. The van der Waals surface area contributed by atoms with Crippen molar-refractivity contribution in [1.29, 1.82) is 0 Å². The van der Waals surface area contributed by atoms with E-state index in [1.165, 1.54) is 0 Å². The largest absolute Gasteiger partial charge is 0.481 e. The van der Waals surface area contributed by atoms with Crippen LogP contribution in [-0.2, 0) is 9.59 Å². The molecule has 15 heavy (non-hydrogen) atoms. The number of fused-ring (bicyclic) bond motifs is 1. The molecular formula is C10H16O4S. The Morgan fingerprint density at radius 2 is 1.80 bits per heavy atom. The van der Waals surface area contributed by atoms with Gasteiger partial charge in [0.05, 0.1) is 11.8 Å². The van der Waals surface area contributed by atoms with Gasteiger partial charge in [-0.2, -0.15) is 11.8 Å². The fraction of sp³-hybridized carbons (Fsp3) is 0.800. The third-order valence-electron chi connectivity index (χ3n) is 2.81. The smallest absolute Gasteiger partial charge is 0.307 e. The molecule has 2 aliphatic rings. The highest BCUT2D eigenvalue weighted by atomic mass is 32.2. The molecule has 5 heteroatoms. The summed E-state index contributed by atoms with van der Waals surface area (Å²) in [6.45, 7) is 4.00. The summed E-state index contributed by atoms with van der Waals surface area (Å²) in [5, 5.41) is 17.7. The molecule has 0 aromatic carbocycles. The molecule has 0 aromatic rings. The second kappa shape index (κ2) is 4.88. The van der Waals surface area contributed by atoms with E-state index in [9.17, 15) is 9.59 Å². The van der Waals surface area contributed by atoms with Crippen LogP contribution in [0.1, 0.15) is 20.3 Å². The number of carboxylic acid groups (broad SMARTS) is 2. The van der Waals surface area contributed by atoms with Crippen molar-refractivity contribution in [2.45, 2.75) is 25.5 Å². The molecule has 1 aliphatic heterocycles. The van der Waals surface area contributed by atoms with Crippen molar-refractivity contribution >= 4 is 23.7 Å². The molecule has 0 amide bonds. The summed E-state index contributed by atoms with van der Waals surface area (Å²) in [4.78, 5) is 21.4. The Kier molecular flexibility index (Phi) is 4.02. The Morgan fingerprint density at radius 1 is 1.20 bits per heavy atom. The van der Waals surface area contributed by atoms with Gasteiger partial charge in [0.15, 0.2) is 0 Å². The number of hydrogen-bond acceptors (Lipinski definition) is 3.